The summed E-state index contributed by atoms with van der Waals surface area (Å²) in [6, 6.07) is 0. The summed E-state index contributed by atoms with van der Waals surface area (Å²) in [5.74, 6) is -0.218. The average Bonchev–Trinajstić information content (AvgIpc) is 2.75. The Morgan fingerprint density at radius 2 is 2.26 bits per heavy atom. The summed E-state index contributed by atoms with van der Waals surface area (Å²) >= 11 is 0. The molecule has 0 aromatic carbocycles. The van der Waals surface area contributed by atoms with Gasteiger partial charge < -0.3 is 19.9 Å². The van der Waals surface area contributed by atoms with Crippen molar-refractivity contribution in [3.8, 4) is 0 Å². The summed E-state index contributed by atoms with van der Waals surface area (Å²) in [6.07, 6.45) is 2.80. The highest BCUT2D eigenvalue weighted by Gasteiger charge is 2.15. The first-order chi connectivity index (χ1) is 9.10. The van der Waals surface area contributed by atoms with Crippen LogP contribution in [0.15, 0.2) is 11.4 Å². The molecule has 106 valence electrons. The zero-order valence-electron chi connectivity index (χ0n) is 11.4. The molecule has 0 radical (unpaired) electrons. The van der Waals surface area contributed by atoms with Crippen molar-refractivity contribution < 1.29 is 9.76 Å². The number of imidazole rings is 1. The molecule has 0 aliphatic heterocycles. The number of nitro groups is 1. The van der Waals surface area contributed by atoms with Gasteiger partial charge in [0.25, 0.3) is 0 Å². The quantitative estimate of drug-likeness (QED) is 0.304. The second kappa shape index (κ2) is 7.47. The molecule has 0 atom stereocenters. The number of rotatable bonds is 8. The van der Waals surface area contributed by atoms with Crippen LogP contribution in [-0.4, -0.2) is 51.8 Å². The van der Waals surface area contributed by atoms with Gasteiger partial charge in [0, 0.05) is 6.54 Å². The molecule has 0 spiro atoms. The van der Waals surface area contributed by atoms with Crippen LogP contribution in [0.2, 0.25) is 0 Å². The monoisotopic (exact) mass is 269 g/mol. The first-order valence-electron chi connectivity index (χ1n) is 6.13. The average molecular weight is 269 g/mol. The molecule has 0 aliphatic carbocycles. The van der Waals surface area contributed by atoms with E-state index in [1.165, 1.54) is 17.0 Å². The highest BCUT2D eigenvalue weighted by atomic mass is 16.6. The fourth-order valence-corrected chi connectivity index (χ4v) is 1.56. The number of hydrogen-bond acceptors (Lipinski definition) is 6. The first-order valence-corrected chi connectivity index (χ1v) is 6.13. The zero-order chi connectivity index (χ0) is 14.3. The van der Waals surface area contributed by atoms with Crippen LogP contribution < -0.4 is 0 Å². The van der Waals surface area contributed by atoms with E-state index in [4.69, 9.17) is 4.84 Å². The lowest BCUT2D eigenvalue weighted by Gasteiger charge is -2.16. The van der Waals surface area contributed by atoms with Crippen molar-refractivity contribution >= 4 is 12.2 Å². The Hall–Kier alpha value is -1.96. The Bertz CT molecular complexity index is 440. The summed E-state index contributed by atoms with van der Waals surface area (Å²) in [5.41, 5.74) is 0.523. The Morgan fingerprint density at radius 3 is 2.79 bits per heavy atom. The molecule has 19 heavy (non-hydrogen) atoms. The minimum Gasteiger partial charge on any atom is -0.394 e. The van der Waals surface area contributed by atoms with Gasteiger partial charge in [0.1, 0.15) is 19.0 Å². The van der Waals surface area contributed by atoms with Crippen LogP contribution in [0.1, 0.15) is 19.5 Å². The lowest BCUT2D eigenvalue weighted by Crippen LogP contribution is -2.26. The van der Waals surface area contributed by atoms with Gasteiger partial charge in [-0.1, -0.05) is 24.0 Å². The summed E-state index contributed by atoms with van der Waals surface area (Å²) < 4.78 is 1.34. The van der Waals surface area contributed by atoms with E-state index in [0.29, 0.717) is 12.3 Å². The van der Waals surface area contributed by atoms with Crippen molar-refractivity contribution in [2.75, 3.05) is 26.2 Å². The van der Waals surface area contributed by atoms with E-state index in [1.54, 1.807) is 7.05 Å². The minimum absolute atomic E-state index is 0.218. The van der Waals surface area contributed by atoms with Crippen molar-refractivity contribution in [3.63, 3.8) is 0 Å². The Morgan fingerprint density at radius 1 is 1.58 bits per heavy atom. The van der Waals surface area contributed by atoms with Gasteiger partial charge in [-0.05, 0) is 18.0 Å². The maximum Gasteiger partial charge on any atom is 0.434 e. The Kier molecular flexibility index (Phi) is 5.94. The molecule has 8 heteroatoms. The highest BCUT2D eigenvalue weighted by Crippen LogP contribution is 2.08. The second-order valence-electron chi connectivity index (χ2n) is 3.89. The van der Waals surface area contributed by atoms with E-state index in [1.807, 2.05) is 0 Å². The van der Waals surface area contributed by atoms with Crippen LogP contribution >= 0.6 is 0 Å². The summed E-state index contributed by atoms with van der Waals surface area (Å²) in [7, 11) is 1.56. The SMILES string of the molecule is CCN(CC)CCO/N=C/c1cnc([N+](=O)[O-])n1C. The van der Waals surface area contributed by atoms with Crippen LogP contribution in [-0.2, 0) is 11.9 Å². The van der Waals surface area contributed by atoms with E-state index >= 15 is 0 Å². The largest absolute Gasteiger partial charge is 0.434 e. The molecule has 0 amide bonds. The fourth-order valence-electron chi connectivity index (χ4n) is 1.56. The van der Waals surface area contributed by atoms with Gasteiger partial charge in [0.2, 0.25) is 0 Å². The van der Waals surface area contributed by atoms with E-state index in [0.717, 1.165) is 19.6 Å². The van der Waals surface area contributed by atoms with Gasteiger partial charge >= 0.3 is 5.95 Å². The standard InChI is InChI=1S/C11H19N5O3/c1-4-15(5-2)6-7-19-13-9-10-8-12-11(14(10)3)16(17)18/h8-9H,4-7H2,1-3H3/b13-9+. The van der Waals surface area contributed by atoms with Gasteiger partial charge in [-0.3, -0.25) is 0 Å². The lowest BCUT2D eigenvalue weighted by molar-refractivity contribution is -0.396. The molecule has 0 bridgehead atoms. The Balaban J connectivity index is 2.43. The fraction of sp³-hybridized carbons (Fsp3) is 0.636. The van der Waals surface area contributed by atoms with Crippen molar-refractivity contribution in [2.45, 2.75) is 13.8 Å². The number of nitrogens with zero attached hydrogens (tertiary/aromatic N) is 5. The first kappa shape index (κ1) is 15.1. The molecule has 1 heterocycles. The van der Waals surface area contributed by atoms with Gasteiger partial charge in [-0.2, -0.15) is 0 Å². The lowest BCUT2D eigenvalue weighted by atomic mass is 10.5. The normalized spacial score (nSPS) is 11.4. The molecule has 1 aromatic rings. The van der Waals surface area contributed by atoms with Crippen LogP contribution in [0.5, 0.6) is 0 Å². The van der Waals surface area contributed by atoms with Gasteiger partial charge in [-0.25, -0.2) is 4.57 Å². The number of hydrogen-bond donors (Lipinski definition) is 0. The van der Waals surface area contributed by atoms with Crippen molar-refractivity contribution in [1.82, 2.24) is 14.5 Å². The maximum absolute atomic E-state index is 10.6. The van der Waals surface area contributed by atoms with Crippen LogP contribution in [0.4, 0.5) is 5.95 Å². The number of oxime groups is 1. The molecule has 0 saturated carbocycles. The summed E-state index contributed by atoms with van der Waals surface area (Å²) in [5, 5.41) is 14.4. The predicted octanol–water partition coefficient (Wildman–Crippen LogP) is 1.02. The molecule has 0 fully saturated rings. The zero-order valence-corrected chi connectivity index (χ0v) is 11.4. The third kappa shape index (κ3) is 4.32. The summed E-state index contributed by atoms with van der Waals surface area (Å²) in [6.45, 7) is 7.39. The van der Waals surface area contributed by atoms with E-state index in [9.17, 15) is 10.1 Å². The number of aromatic nitrogens is 2. The van der Waals surface area contributed by atoms with Crippen molar-refractivity contribution in [1.29, 1.82) is 0 Å². The van der Waals surface area contributed by atoms with E-state index < -0.39 is 4.92 Å². The molecule has 8 nitrogen and oxygen atoms in total. The molecule has 0 unspecified atom stereocenters. The highest BCUT2D eigenvalue weighted by molar-refractivity contribution is 5.77. The Labute approximate surface area is 111 Å². The molecular formula is C11H19N5O3. The van der Waals surface area contributed by atoms with Crippen LogP contribution in [0.3, 0.4) is 0 Å². The summed E-state index contributed by atoms with van der Waals surface area (Å²) in [4.78, 5) is 21.1. The van der Waals surface area contributed by atoms with Crippen molar-refractivity contribution in [3.05, 3.63) is 22.0 Å². The van der Waals surface area contributed by atoms with Gasteiger partial charge in [0.15, 0.2) is 5.69 Å². The molecule has 0 aliphatic rings. The van der Waals surface area contributed by atoms with Gasteiger partial charge in [0.05, 0.1) is 7.05 Å². The predicted molar refractivity (Wildman–Crippen MR) is 71.2 cm³/mol. The second-order valence-corrected chi connectivity index (χ2v) is 3.89. The molecule has 0 N–H and O–H groups in total. The minimum atomic E-state index is -0.543. The van der Waals surface area contributed by atoms with Crippen LogP contribution in [0.25, 0.3) is 0 Å². The van der Waals surface area contributed by atoms with Gasteiger partial charge in [-0.15, -0.1) is 0 Å². The van der Waals surface area contributed by atoms with Crippen molar-refractivity contribution in [2.24, 2.45) is 12.2 Å². The number of likely N-dealkylation sites (N-methyl/N-ethyl adjacent to an activating group) is 1. The smallest absolute Gasteiger partial charge is 0.394 e. The van der Waals surface area contributed by atoms with E-state index in [-0.39, 0.29) is 5.95 Å². The maximum atomic E-state index is 10.6. The van der Waals surface area contributed by atoms with E-state index in [2.05, 4.69) is 28.9 Å². The topological polar surface area (TPSA) is 85.8 Å². The molecule has 1 aromatic heterocycles. The molecular weight excluding hydrogens is 250 g/mol. The van der Waals surface area contributed by atoms with Crippen LogP contribution in [0, 0.1) is 10.1 Å². The molecule has 1 rings (SSSR count). The third-order valence-corrected chi connectivity index (χ3v) is 2.82. The molecule has 0 saturated heterocycles. The third-order valence-electron chi connectivity index (χ3n) is 2.82.